The van der Waals surface area contributed by atoms with Crippen molar-refractivity contribution in [2.45, 2.75) is 13.0 Å². The van der Waals surface area contributed by atoms with Crippen LogP contribution in [-0.4, -0.2) is 26.6 Å². The van der Waals surface area contributed by atoms with Crippen LogP contribution in [0, 0.1) is 5.82 Å². The molecule has 5 nitrogen and oxygen atoms in total. The molecule has 0 aliphatic carbocycles. The van der Waals surface area contributed by atoms with E-state index < -0.39 is 27.8 Å². The normalized spacial score (nSPS) is 12.5. The van der Waals surface area contributed by atoms with Crippen molar-refractivity contribution < 1.29 is 17.6 Å². The average molecular weight is 371 g/mol. The third-order valence-corrected chi connectivity index (χ3v) is 4.72. The number of halogens is 2. The average Bonchev–Trinajstić information content (AvgIpc) is 2.46. The second kappa shape index (κ2) is 7.19. The highest BCUT2D eigenvalue weighted by molar-refractivity contribution is 7.92. The van der Waals surface area contributed by atoms with Gasteiger partial charge in [-0.25, -0.2) is 12.8 Å². The maximum absolute atomic E-state index is 13.4. The van der Waals surface area contributed by atoms with E-state index in [9.17, 15) is 17.6 Å². The number of hydrogen-bond acceptors (Lipinski definition) is 3. The first-order chi connectivity index (χ1) is 11.2. The maximum atomic E-state index is 13.4. The van der Waals surface area contributed by atoms with Gasteiger partial charge in [-0.1, -0.05) is 23.7 Å². The molecule has 24 heavy (non-hydrogen) atoms. The van der Waals surface area contributed by atoms with Gasteiger partial charge in [0, 0.05) is 10.7 Å². The van der Waals surface area contributed by atoms with Gasteiger partial charge < -0.3 is 5.32 Å². The number of carbonyl (C=O) groups is 1. The SMILES string of the molecule is C[C@H](C(=O)Nc1cccc(Cl)c1)N(c1cccc(F)c1)S(C)(=O)=O. The molecule has 0 saturated heterocycles. The zero-order chi connectivity index (χ0) is 17.9. The first kappa shape index (κ1) is 18.2. The number of rotatable bonds is 5. The molecular weight excluding hydrogens is 355 g/mol. The summed E-state index contributed by atoms with van der Waals surface area (Å²) in [5.74, 6) is -1.16. The van der Waals surface area contributed by atoms with Gasteiger partial charge in [0.05, 0.1) is 11.9 Å². The Balaban J connectivity index is 2.31. The Bertz CT molecular complexity index is 858. The van der Waals surface area contributed by atoms with E-state index in [1.54, 1.807) is 24.3 Å². The zero-order valence-electron chi connectivity index (χ0n) is 13.0. The Morgan fingerprint density at radius 1 is 1.21 bits per heavy atom. The minimum atomic E-state index is -3.80. The van der Waals surface area contributed by atoms with Gasteiger partial charge in [-0.2, -0.15) is 0 Å². The first-order valence-corrected chi connectivity index (χ1v) is 9.22. The number of benzene rings is 2. The fraction of sp³-hybridized carbons (Fsp3) is 0.188. The molecule has 8 heteroatoms. The fourth-order valence-corrected chi connectivity index (χ4v) is 3.59. The van der Waals surface area contributed by atoms with Gasteiger partial charge in [-0.3, -0.25) is 9.10 Å². The lowest BCUT2D eigenvalue weighted by molar-refractivity contribution is -0.116. The molecule has 2 rings (SSSR count). The van der Waals surface area contributed by atoms with Gasteiger partial charge >= 0.3 is 0 Å². The van der Waals surface area contributed by atoms with Crippen LogP contribution < -0.4 is 9.62 Å². The topological polar surface area (TPSA) is 66.5 Å². The van der Waals surface area contributed by atoms with Crippen LogP contribution in [0.25, 0.3) is 0 Å². The first-order valence-electron chi connectivity index (χ1n) is 7.00. The molecule has 0 saturated carbocycles. The van der Waals surface area contributed by atoms with Crippen molar-refractivity contribution in [2.24, 2.45) is 0 Å². The Morgan fingerprint density at radius 2 is 1.88 bits per heavy atom. The summed E-state index contributed by atoms with van der Waals surface area (Å²) in [6.45, 7) is 1.42. The zero-order valence-corrected chi connectivity index (χ0v) is 14.6. The lowest BCUT2D eigenvalue weighted by Gasteiger charge is -2.28. The number of sulfonamides is 1. The Kier molecular flexibility index (Phi) is 5.46. The van der Waals surface area contributed by atoms with Crippen molar-refractivity contribution >= 4 is 38.9 Å². The molecule has 128 valence electrons. The van der Waals surface area contributed by atoms with E-state index in [4.69, 9.17) is 11.6 Å². The van der Waals surface area contributed by atoms with Gasteiger partial charge in [0.1, 0.15) is 11.9 Å². The van der Waals surface area contributed by atoms with Gasteiger partial charge in [-0.05, 0) is 43.3 Å². The number of amides is 1. The molecule has 2 aromatic rings. The summed E-state index contributed by atoms with van der Waals surface area (Å²) >= 11 is 5.86. The van der Waals surface area contributed by atoms with Crippen molar-refractivity contribution in [3.8, 4) is 0 Å². The Hall–Kier alpha value is -2.12. The third kappa shape index (κ3) is 4.46. The summed E-state index contributed by atoms with van der Waals surface area (Å²) in [6, 6.07) is 10.5. The highest BCUT2D eigenvalue weighted by atomic mass is 35.5. The molecule has 0 bridgehead atoms. The minimum Gasteiger partial charge on any atom is -0.324 e. The molecule has 0 fully saturated rings. The number of carbonyl (C=O) groups excluding carboxylic acids is 1. The molecule has 0 radical (unpaired) electrons. The predicted octanol–water partition coefficient (Wildman–Crippen LogP) is 3.27. The molecule has 1 amide bonds. The molecule has 0 aromatic heterocycles. The Labute approximate surface area is 145 Å². The number of hydrogen-bond donors (Lipinski definition) is 1. The molecular formula is C16H16ClFN2O3S. The molecule has 0 aliphatic heterocycles. The van der Waals surface area contributed by atoms with E-state index in [0.29, 0.717) is 10.7 Å². The molecule has 0 heterocycles. The van der Waals surface area contributed by atoms with E-state index in [-0.39, 0.29) is 5.69 Å². The van der Waals surface area contributed by atoms with Gasteiger partial charge in [0.2, 0.25) is 15.9 Å². The largest absolute Gasteiger partial charge is 0.324 e. The molecule has 0 spiro atoms. The number of anilines is 2. The summed E-state index contributed by atoms with van der Waals surface area (Å²) in [7, 11) is -3.80. The molecule has 2 aromatic carbocycles. The van der Waals surface area contributed by atoms with Crippen LogP contribution in [0.2, 0.25) is 5.02 Å². The van der Waals surface area contributed by atoms with Gasteiger partial charge in [-0.15, -0.1) is 0 Å². The van der Waals surface area contributed by atoms with E-state index in [0.717, 1.165) is 16.6 Å². The van der Waals surface area contributed by atoms with Crippen LogP contribution in [0.1, 0.15) is 6.92 Å². The van der Waals surface area contributed by atoms with Crippen LogP contribution in [0.4, 0.5) is 15.8 Å². The highest BCUT2D eigenvalue weighted by Gasteiger charge is 2.29. The van der Waals surface area contributed by atoms with E-state index in [1.165, 1.54) is 25.1 Å². The van der Waals surface area contributed by atoms with Crippen LogP contribution in [0.15, 0.2) is 48.5 Å². The van der Waals surface area contributed by atoms with E-state index >= 15 is 0 Å². The fourth-order valence-electron chi connectivity index (χ4n) is 2.23. The van der Waals surface area contributed by atoms with Crippen molar-refractivity contribution in [3.63, 3.8) is 0 Å². The van der Waals surface area contributed by atoms with Crippen molar-refractivity contribution in [2.75, 3.05) is 15.9 Å². The second-order valence-corrected chi connectivity index (χ2v) is 7.51. The summed E-state index contributed by atoms with van der Waals surface area (Å²) in [4.78, 5) is 12.4. The van der Waals surface area contributed by atoms with E-state index in [1.807, 2.05) is 0 Å². The highest BCUT2D eigenvalue weighted by Crippen LogP contribution is 2.23. The van der Waals surface area contributed by atoms with Crippen LogP contribution in [0.3, 0.4) is 0 Å². The summed E-state index contributed by atoms with van der Waals surface area (Å²) < 4.78 is 38.5. The number of nitrogens with zero attached hydrogens (tertiary/aromatic N) is 1. The van der Waals surface area contributed by atoms with Crippen molar-refractivity contribution in [3.05, 3.63) is 59.4 Å². The van der Waals surface area contributed by atoms with Crippen molar-refractivity contribution in [1.29, 1.82) is 0 Å². The molecule has 0 unspecified atom stereocenters. The Morgan fingerprint density at radius 3 is 2.46 bits per heavy atom. The van der Waals surface area contributed by atoms with Crippen LogP contribution in [-0.2, 0) is 14.8 Å². The smallest absolute Gasteiger partial charge is 0.247 e. The van der Waals surface area contributed by atoms with Gasteiger partial charge in [0.15, 0.2) is 0 Å². The van der Waals surface area contributed by atoms with Crippen LogP contribution >= 0.6 is 11.6 Å². The summed E-state index contributed by atoms with van der Waals surface area (Å²) in [5.41, 5.74) is 0.512. The molecule has 1 N–H and O–H groups in total. The van der Waals surface area contributed by atoms with Crippen LogP contribution in [0.5, 0.6) is 0 Å². The maximum Gasteiger partial charge on any atom is 0.247 e. The molecule has 0 aliphatic rings. The van der Waals surface area contributed by atoms with Gasteiger partial charge in [0.25, 0.3) is 0 Å². The lowest BCUT2D eigenvalue weighted by Crippen LogP contribution is -2.45. The summed E-state index contributed by atoms with van der Waals surface area (Å²) in [6.07, 6.45) is 0.959. The quantitative estimate of drug-likeness (QED) is 0.878. The van der Waals surface area contributed by atoms with Crippen molar-refractivity contribution in [1.82, 2.24) is 0 Å². The minimum absolute atomic E-state index is 0.0752. The monoisotopic (exact) mass is 370 g/mol. The third-order valence-electron chi connectivity index (χ3n) is 3.24. The standard InChI is InChI=1S/C16H16ClFN2O3S/c1-11(16(21)19-14-7-3-5-12(17)9-14)20(24(2,22)23)15-8-4-6-13(18)10-15/h3-11H,1-2H3,(H,19,21)/t11-/m1/s1. The summed E-state index contributed by atoms with van der Waals surface area (Å²) in [5, 5.41) is 3.03. The molecule has 1 atom stereocenters. The predicted molar refractivity (Wildman–Crippen MR) is 93.3 cm³/mol. The number of nitrogens with one attached hydrogen (secondary N) is 1. The lowest BCUT2D eigenvalue weighted by atomic mass is 10.2. The second-order valence-electron chi connectivity index (χ2n) is 5.21. The van der Waals surface area contributed by atoms with E-state index in [2.05, 4.69) is 5.32 Å².